The van der Waals surface area contributed by atoms with Crippen molar-refractivity contribution in [3.05, 3.63) is 29.6 Å². The van der Waals surface area contributed by atoms with E-state index in [1.807, 2.05) is 26.0 Å². The van der Waals surface area contributed by atoms with Crippen LogP contribution in [0.25, 0.3) is 0 Å². The lowest BCUT2D eigenvalue weighted by Crippen LogP contribution is -2.29. The van der Waals surface area contributed by atoms with Crippen LogP contribution in [-0.2, 0) is 15.6 Å². The molecule has 106 valence electrons. The zero-order valence-electron chi connectivity index (χ0n) is 11.8. The highest BCUT2D eigenvalue weighted by Crippen LogP contribution is 2.30. The lowest BCUT2D eigenvalue weighted by molar-refractivity contribution is 0.348. The van der Waals surface area contributed by atoms with Gasteiger partial charge < -0.3 is 0 Å². The van der Waals surface area contributed by atoms with Crippen molar-refractivity contribution < 1.29 is 8.42 Å². The van der Waals surface area contributed by atoms with Crippen LogP contribution in [0.3, 0.4) is 0 Å². The number of rotatable bonds is 4. The van der Waals surface area contributed by atoms with E-state index in [2.05, 4.69) is 4.98 Å². The SMILES string of the molecule is Cc1ccc(CS(=O)(=O)C(C)C2CCCCC2)cn1. The quantitative estimate of drug-likeness (QED) is 0.851. The van der Waals surface area contributed by atoms with Gasteiger partial charge in [0.2, 0.25) is 0 Å². The first-order chi connectivity index (χ1) is 8.99. The van der Waals surface area contributed by atoms with Crippen molar-refractivity contribution >= 4 is 9.84 Å². The Balaban J connectivity index is 2.06. The van der Waals surface area contributed by atoms with E-state index >= 15 is 0 Å². The third-order valence-corrected chi connectivity index (χ3v) is 6.47. The molecule has 0 aromatic carbocycles. The first kappa shape index (κ1) is 14.5. The normalized spacial score (nSPS) is 19.3. The fourth-order valence-corrected chi connectivity index (χ4v) is 4.60. The minimum Gasteiger partial charge on any atom is -0.261 e. The van der Waals surface area contributed by atoms with Gasteiger partial charge in [0, 0.05) is 11.9 Å². The van der Waals surface area contributed by atoms with Crippen LogP contribution in [0.5, 0.6) is 0 Å². The van der Waals surface area contributed by atoms with E-state index in [9.17, 15) is 8.42 Å². The summed E-state index contributed by atoms with van der Waals surface area (Å²) in [5, 5.41) is -0.228. The Morgan fingerprint density at radius 1 is 1.26 bits per heavy atom. The van der Waals surface area contributed by atoms with Crippen LogP contribution in [0.4, 0.5) is 0 Å². The van der Waals surface area contributed by atoms with Gasteiger partial charge in [-0.05, 0) is 44.2 Å². The molecular weight excluding hydrogens is 258 g/mol. The van der Waals surface area contributed by atoms with Crippen LogP contribution in [0.2, 0.25) is 0 Å². The zero-order valence-corrected chi connectivity index (χ0v) is 12.6. The van der Waals surface area contributed by atoms with Crippen LogP contribution in [0.1, 0.15) is 50.3 Å². The molecule has 1 atom stereocenters. The summed E-state index contributed by atoms with van der Waals surface area (Å²) in [5.74, 6) is 0.468. The summed E-state index contributed by atoms with van der Waals surface area (Å²) in [5.41, 5.74) is 1.72. The van der Waals surface area contributed by atoms with Gasteiger partial charge in [0.1, 0.15) is 0 Å². The van der Waals surface area contributed by atoms with Crippen molar-refractivity contribution in [3.63, 3.8) is 0 Å². The van der Waals surface area contributed by atoms with E-state index < -0.39 is 9.84 Å². The first-order valence-electron chi connectivity index (χ1n) is 7.12. The molecule has 1 heterocycles. The van der Waals surface area contributed by atoms with Gasteiger partial charge in [0.25, 0.3) is 0 Å². The molecule has 2 rings (SSSR count). The summed E-state index contributed by atoms with van der Waals surface area (Å²) < 4.78 is 24.9. The topological polar surface area (TPSA) is 47.0 Å². The van der Waals surface area contributed by atoms with Gasteiger partial charge in [-0.1, -0.05) is 25.3 Å². The lowest BCUT2D eigenvalue weighted by Gasteiger charge is -2.27. The highest BCUT2D eigenvalue weighted by atomic mass is 32.2. The van der Waals surface area contributed by atoms with Gasteiger partial charge >= 0.3 is 0 Å². The Labute approximate surface area is 116 Å². The standard InChI is InChI=1S/C15H23NO2S/c1-12-8-9-14(10-16-12)11-19(17,18)13(2)15-6-4-3-5-7-15/h8-10,13,15H,3-7,11H2,1-2H3. The van der Waals surface area contributed by atoms with Crippen LogP contribution < -0.4 is 0 Å². The molecule has 0 spiro atoms. The molecule has 1 unspecified atom stereocenters. The number of pyridine rings is 1. The monoisotopic (exact) mass is 281 g/mol. The van der Waals surface area contributed by atoms with Crippen LogP contribution in [0.15, 0.2) is 18.3 Å². The average molecular weight is 281 g/mol. The summed E-state index contributed by atoms with van der Waals surface area (Å²) in [6, 6.07) is 3.74. The predicted molar refractivity (Wildman–Crippen MR) is 77.6 cm³/mol. The van der Waals surface area contributed by atoms with Crippen molar-refractivity contribution in [2.45, 2.75) is 57.0 Å². The molecule has 0 aliphatic heterocycles. The van der Waals surface area contributed by atoms with Crippen molar-refractivity contribution in [1.82, 2.24) is 4.98 Å². The Kier molecular flexibility index (Phi) is 4.61. The molecule has 0 saturated heterocycles. The molecule has 0 radical (unpaired) electrons. The first-order valence-corrected chi connectivity index (χ1v) is 8.84. The fraction of sp³-hybridized carbons (Fsp3) is 0.667. The molecule has 1 aromatic heterocycles. The molecule has 1 aromatic rings. The van der Waals surface area contributed by atoms with E-state index in [0.717, 1.165) is 24.1 Å². The van der Waals surface area contributed by atoms with Gasteiger partial charge in [0.15, 0.2) is 9.84 Å². The maximum atomic E-state index is 12.5. The minimum atomic E-state index is -3.07. The van der Waals surface area contributed by atoms with Crippen molar-refractivity contribution in [2.24, 2.45) is 5.92 Å². The van der Waals surface area contributed by atoms with Crippen molar-refractivity contribution in [3.8, 4) is 0 Å². The van der Waals surface area contributed by atoms with Crippen LogP contribution >= 0.6 is 0 Å². The number of hydrogen-bond donors (Lipinski definition) is 0. The predicted octanol–water partition coefficient (Wildman–Crippen LogP) is 3.27. The highest BCUT2D eigenvalue weighted by molar-refractivity contribution is 7.91. The maximum absolute atomic E-state index is 12.5. The Morgan fingerprint density at radius 3 is 2.53 bits per heavy atom. The smallest absolute Gasteiger partial charge is 0.157 e. The summed E-state index contributed by atoms with van der Waals surface area (Å²) in [4.78, 5) is 4.17. The van der Waals surface area contributed by atoms with Crippen molar-refractivity contribution in [2.75, 3.05) is 0 Å². The van der Waals surface area contributed by atoms with Gasteiger partial charge in [-0.3, -0.25) is 4.98 Å². The second-order valence-electron chi connectivity index (χ2n) is 5.72. The molecular formula is C15H23NO2S. The number of nitrogens with zero attached hydrogens (tertiary/aromatic N) is 1. The van der Waals surface area contributed by atoms with Gasteiger partial charge in [-0.2, -0.15) is 0 Å². The van der Waals surface area contributed by atoms with E-state index in [1.54, 1.807) is 6.20 Å². The Hall–Kier alpha value is -0.900. The third-order valence-electron chi connectivity index (χ3n) is 4.22. The average Bonchev–Trinajstić information content (AvgIpc) is 2.41. The Morgan fingerprint density at radius 2 is 1.95 bits per heavy atom. The second kappa shape index (κ2) is 6.04. The lowest BCUT2D eigenvalue weighted by atomic mass is 9.87. The molecule has 0 N–H and O–H groups in total. The number of aromatic nitrogens is 1. The number of hydrogen-bond acceptors (Lipinski definition) is 3. The van der Waals surface area contributed by atoms with Gasteiger partial charge in [-0.25, -0.2) is 8.42 Å². The number of sulfone groups is 1. The van der Waals surface area contributed by atoms with E-state index in [-0.39, 0.29) is 11.0 Å². The molecule has 19 heavy (non-hydrogen) atoms. The molecule has 3 nitrogen and oxygen atoms in total. The molecule has 0 amide bonds. The van der Waals surface area contributed by atoms with E-state index in [0.29, 0.717) is 5.92 Å². The summed E-state index contributed by atoms with van der Waals surface area (Å²) in [6.45, 7) is 3.79. The van der Waals surface area contributed by atoms with Gasteiger partial charge in [-0.15, -0.1) is 0 Å². The van der Waals surface area contributed by atoms with Crippen LogP contribution in [0, 0.1) is 12.8 Å². The molecule has 1 saturated carbocycles. The third kappa shape index (κ3) is 3.78. The molecule has 1 aliphatic rings. The van der Waals surface area contributed by atoms with E-state index in [4.69, 9.17) is 0 Å². The molecule has 0 bridgehead atoms. The minimum absolute atomic E-state index is 0.123. The molecule has 4 heteroatoms. The second-order valence-corrected chi connectivity index (χ2v) is 8.08. The Bertz CT molecular complexity index is 501. The fourth-order valence-electron chi connectivity index (χ4n) is 2.84. The van der Waals surface area contributed by atoms with Gasteiger partial charge in [0.05, 0.1) is 11.0 Å². The zero-order chi connectivity index (χ0) is 13.9. The van der Waals surface area contributed by atoms with Crippen molar-refractivity contribution in [1.29, 1.82) is 0 Å². The summed E-state index contributed by atoms with van der Waals surface area (Å²) >= 11 is 0. The molecule has 1 aliphatic carbocycles. The molecule has 1 fully saturated rings. The van der Waals surface area contributed by atoms with E-state index in [1.165, 1.54) is 19.3 Å². The van der Waals surface area contributed by atoms with Crippen LogP contribution in [-0.4, -0.2) is 18.7 Å². The maximum Gasteiger partial charge on any atom is 0.157 e. The largest absolute Gasteiger partial charge is 0.261 e. The highest BCUT2D eigenvalue weighted by Gasteiger charge is 2.30. The summed E-state index contributed by atoms with van der Waals surface area (Å²) in [7, 11) is -3.07. The number of aryl methyl sites for hydroxylation is 1. The summed E-state index contributed by atoms with van der Waals surface area (Å²) in [6.07, 6.45) is 7.41.